The minimum Gasteiger partial charge on any atom is -1.00 e. The third-order valence-corrected chi connectivity index (χ3v) is 2.73. The van der Waals surface area contributed by atoms with Crippen LogP contribution in [0.15, 0.2) is 5.29 Å². The van der Waals surface area contributed by atoms with Gasteiger partial charge in [-0.1, -0.05) is 19.3 Å². The maximum atomic E-state index is 11.5. The summed E-state index contributed by atoms with van der Waals surface area (Å²) in [4.78, 5) is 21.8. The number of rotatable bonds is 4. The summed E-state index contributed by atoms with van der Waals surface area (Å²) in [5, 5.41) is 6.25. The van der Waals surface area contributed by atoms with Crippen molar-refractivity contribution in [1.29, 1.82) is 0 Å². The Kier molecular flexibility index (Phi) is 13.4. The number of hydrogen-bond donors (Lipinski definition) is 1. The van der Waals surface area contributed by atoms with E-state index in [0.717, 1.165) is 30.7 Å². The molecule has 1 N–H and O–H groups in total. The maximum absolute atomic E-state index is 11.5. The van der Waals surface area contributed by atoms with Crippen LogP contribution in [0.1, 0.15) is 35.0 Å². The third-order valence-electron chi connectivity index (χ3n) is 2.56. The normalized spacial score (nSPS) is 15.1. The molecular weight excluding hydrogens is 276 g/mol. The first-order valence-corrected chi connectivity index (χ1v) is 5.78. The minimum absolute atomic E-state index is 0. The van der Waals surface area contributed by atoms with Crippen LogP contribution in [0.4, 0.5) is 4.79 Å². The van der Waals surface area contributed by atoms with Gasteiger partial charge < -0.3 is 19.2 Å². The van der Waals surface area contributed by atoms with Gasteiger partial charge in [0.15, 0.2) is 0 Å². The van der Waals surface area contributed by atoms with E-state index < -0.39 is 6.03 Å². The molecule has 0 radical (unpaired) electrons. The molecule has 0 saturated heterocycles. The van der Waals surface area contributed by atoms with Crippen molar-refractivity contribution in [1.82, 2.24) is 10.3 Å². The minimum atomic E-state index is -0.433. The van der Waals surface area contributed by atoms with Gasteiger partial charge in [-0.2, -0.15) is 5.01 Å². The van der Waals surface area contributed by atoms with Crippen molar-refractivity contribution in [3.8, 4) is 0 Å². The topological polar surface area (TPSA) is 61.8 Å². The van der Waals surface area contributed by atoms with Crippen molar-refractivity contribution in [3.63, 3.8) is 0 Å². The third kappa shape index (κ3) is 7.47. The number of nitrogens with zero attached hydrogens (tertiary/aromatic N) is 2. The summed E-state index contributed by atoms with van der Waals surface area (Å²) >= 11 is 5.44. The van der Waals surface area contributed by atoms with E-state index in [9.17, 15) is 9.70 Å². The molecule has 0 aromatic heterocycles. The van der Waals surface area contributed by atoms with Crippen LogP contribution in [0.3, 0.4) is 0 Å². The molecule has 1 fully saturated rings. The monoisotopic (exact) mass is 293 g/mol. The molecule has 0 aliphatic heterocycles. The van der Waals surface area contributed by atoms with Crippen LogP contribution in [0, 0.1) is 4.91 Å². The predicted molar refractivity (Wildman–Crippen MR) is 60.8 cm³/mol. The SMILES string of the molecule is O=NN(CCCl)C(=O)NC1CCCCC1.[Cl-].[H+].[H-].[Na+]. The molecule has 1 aliphatic carbocycles. The second-order valence-electron chi connectivity index (χ2n) is 3.68. The van der Waals surface area contributed by atoms with Crippen LogP contribution >= 0.6 is 11.6 Å². The number of hydrogen-bond acceptors (Lipinski definition) is 3. The molecular formula is C9H18Cl2N3NaO2. The first kappa shape index (κ1) is 19.8. The summed E-state index contributed by atoms with van der Waals surface area (Å²) < 4.78 is 0. The Balaban J connectivity index is -0.000000281. The number of halogens is 2. The Morgan fingerprint density at radius 3 is 2.53 bits per heavy atom. The van der Waals surface area contributed by atoms with Crippen LogP contribution < -0.4 is 47.3 Å². The summed E-state index contributed by atoms with van der Waals surface area (Å²) in [6, 6.07) is -0.247. The molecule has 0 bridgehead atoms. The van der Waals surface area contributed by atoms with Gasteiger partial charge in [0, 0.05) is 11.9 Å². The summed E-state index contributed by atoms with van der Waals surface area (Å²) in [5.41, 5.74) is 0. The number of alkyl halides is 1. The molecule has 1 aliphatic rings. The van der Waals surface area contributed by atoms with Crippen molar-refractivity contribution < 1.29 is 49.6 Å². The van der Waals surface area contributed by atoms with E-state index >= 15 is 0 Å². The summed E-state index contributed by atoms with van der Waals surface area (Å²) in [5.74, 6) is 0.212. The second-order valence-corrected chi connectivity index (χ2v) is 4.06. The Morgan fingerprint density at radius 1 is 1.47 bits per heavy atom. The van der Waals surface area contributed by atoms with Gasteiger partial charge in [0.25, 0.3) is 0 Å². The number of nitrogens with one attached hydrogen (secondary N) is 1. The number of carbonyl (C=O) groups is 1. The van der Waals surface area contributed by atoms with Gasteiger partial charge >= 0.3 is 37.0 Å². The molecule has 0 spiro atoms. The average molecular weight is 294 g/mol. The first-order valence-electron chi connectivity index (χ1n) is 5.25. The predicted octanol–water partition coefficient (Wildman–Crippen LogP) is -3.52. The van der Waals surface area contributed by atoms with Crippen molar-refractivity contribution in [2.75, 3.05) is 12.4 Å². The Bertz CT molecular complexity index is 238. The van der Waals surface area contributed by atoms with Crippen molar-refractivity contribution in [2.24, 2.45) is 5.29 Å². The molecule has 0 aromatic rings. The number of nitroso groups, excluding NO2 is 1. The van der Waals surface area contributed by atoms with E-state index in [2.05, 4.69) is 10.6 Å². The van der Waals surface area contributed by atoms with Crippen molar-refractivity contribution >= 4 is 17.6 Å². The molecule has 96 valence electrons. The van der Waals surface area contributed by atoms with Crippen LogP contribution in [-0.4, -0.2) is 29.5 Å². The number of amides is 2. The van der Waals surface area contributed by atoms with Crippen LogP contribution in [0.2, 0.25) is 0 Å². The van der Waals surface area contributed by atoms with Gasteiger partial charge in [0.2, 0.25) is 0 Å². The summed E-state index contributed by atoms with van der Waals surface area (Å²) in [7, 11) is 0. The fraction of sp³-hybridized carbons (Fsp3) is 0.889. The van der Waals surface area contributed by atoms with E-state index in [0.29, 0.717) is 0 Å². The van der Waals surface area contributed by atoms with Gasteiger partial charge in [-0.25, -0.2) is 4.79 Å². The first-order chi connectivity index (χ1) is 7.27. The Hall–Kier alpha value is 0.450. The molecule has 1 saturated carbocycles. The molecule has 0 atom stereocenters. The standard InChI is InChI=1S/C9H16ClN3O2.ClH.Na.H/c10-6-7-13(12-15)9(14)11-8-4-2-1-3-5-8;;;/h8H,1-7H2,(H,11,14);1H;;/q;;+1;-1. The zero-order valence-electron chi connectivity index (χ0n) is 12.0. The Labute approximate surface area is 138 Å². The molecule has 5 nitrogen and oxygen atoms in total. The summed E-state index contributed by atoms with van der Waals surface area (Å²) in [6.45, 7) is 0.156. The zero-order valence-corrected chi connectivity index (χ0v) is 13.5. The van der Waals surface area contributed by atoms with Crippen LogP contribution in [-0.2, 0) is 0 Å². The molecule has 8 heteroatoms. The number of carbonyl (C=O) groups excluding carboxylic acids is 1. The quantitative estimate of drug-likeness (QED) is 0.253. The van der Waals surface area contributed by atoms with Crippen LogP contribution in [0.5, 0.6) is 0 Å². The fourth-order valence-corrected chi connectivity index (χ4v) is 1.92. The smallest absolute Gasteiger partial charge is 1.00 e. The average Bonchev–Trinajstić information content (AvgIpc) is 2.27. The summed E-state index contributed by atoms with van der Waals surface area (Å²) in [6.07, 6.45) is 5.46. The van der Waals surface area contributed by atoms with E-state index in [4.69, 9.17) is 11.6 Å². The second kappa shape index (κ2) is 11.5. The van der Waals surface area contributed by atoms with Crippen LogP contribution in [0.25, 0.3) is 0 Å². The molecule has 0 heterocycles. The van der Waals surface area contributed by atoms with E-state index in [1.54, 1.807) is 0 Å². The van der Waals surface area contributed by atoms with Crippen molar-refractivity contribution in [2.45, 2.75) is 38.1 Å². The van der Waals surface area contributed by atoms with E-state index in [-0.39, 0.29) is 63.3 Å². The van der Waals surface area contributed by atoms with Crippen molar-refractivity contribution in [3.05, 3.63) is 4.91 Å². The van der Waals surface area contributed by atoms with Gasteiger partial charge in [0.1, 0.15) is 0 Å². The molecule has 0 unspecified atom stereocenters. The molecule has 17 heavy (non-hydrogen) atoms. The van der Waals surface area contributed by atoms with Gasteiger partial charge in [-0.15, -0.1) is 16.5 Å². The van der Waals surface area contributed by atoms with E-state index in [1.807, 2.05) is 0 Å². The maximum Gasteiger partial charge on any atom is 1.00 e. The van der Waals surface area contributed by atoms with Gasteiger partial charge in [-0.3, -0.25) is 0 Å². The molecule has 2 amide bonds. The zero-order chi connectivity index (χ0) is 11.1. The number of urea groups is 1. The largest absolute Gasteiger partial charge is 1.00 e. The fourth-order valence-electron chi connectivity index (χ4n) is 1.76. The van der Waals surface area contributed by atoms with E-state index in [1.165, 1.54) is 6.42 Å². The Morgan fingerprint density at radius 2 is 2.06 bits per heavy atom. The molecule has 0 aromatic carbocycles. The molecule has 1 rings (SSSR count). The van der Waals surface area contributed by atoms with Gasteiger partial charge in [0.05, 0.1) is 11.8 Å². The van der Waals surface area contributed by atoms with Gasteiger partial charge in [-0.05, 0) is 12.8 Å².